The average Bonchev–Trinajstić information content (AvgIpc) is 2.49. The van der Waals surface area contributed by atoms with Crippen LogP contribution in [0.1, 0.15) is 21.5 Å². The number of nitrogen functional groups attached to an aromatic ring is 1. The third-order valence-corrected chi connectivity index (χ3v) is 4.13. The molecular weight excluding hydrogens is 322 g/mol. The fourth-order valence-corrected chi connectivity index (χ4v) is 2.72. The summed E-state index contributed by atoms with van der Waals surface area (Å²) in [4.78, 5) is 24.5. The molecule has 0 atom stereocenters. The van der Waals surface area contributed by atoms with E-state index < -0.39 is 5.97 Å². The van der Waals surface area contributed by atoms with Gasteiger partial charge in [0.1, 0.15) is 0 Å². The monoisotopic (exact) mass is 335 g/mol. The number of aliphatic carboxylic acids is 1. The molecule has 0 heterocycles. The molecule has 2 aromatic rings. The van der Waals surface area contributed by atoms with E-state index in [9.17, 15) is 9.59 Å². The standard InChI is InChI=1S/C16H14ClNO3S/c1-22-12-4-2-9(3-5-12)16(21)13-8-11(17)6-10(15(13)18)7-14(19)20/h2-6,8H,7,18H2,1H3,(H,19,20). The maximum absolute atomic E-state index is 12.6. The molecule has 0 aliphatic heterocycles. The van der Waals surface area contributed by atoms with E-state index in [0.717, 1.165) is 4.90 Å². The minimum absolute atomic E-state index is 0.158. The highest BCUT2D eigenvalue weighted by atomic mass is 35.5. The quantitative estimate of drug-likeness (QED) is 0.496. The van der Waals surface area contributed by atoms with Crippen molar-refractivity contribution in [3.8, 4) is 0 Å². The number of rotatable bonds is 5. The molecule has 2 aromatic carbocycles. The molecule has 0 aliphatic rings. The average molecular weight is 336 g/mol. The smallest absolute Gasteiger partial charge is 0.307 e. The van der Waals surface area contributed by atoms with Gasteiger partial charge in [-0.15, -0.1) is 11.8 Å². The largest absolute Gasteiger partial charge is 0.481 e. The number of carbonyl (C=O) groups excluding carboxylic acids is 1. The lowest BCUT2D eigenvalue weighted by Gasteiger charge is -2.10. The van der Waals surface area contributed by atoms with Gasteiger partial charge in [-0.2, -0.15) is 0 Å². The van der Waals surface area contributed by atoms with Gasteiger partial charge in [0, 0.05) is 26.7 Å². The van der Waals surface area contributed by atoms with Gasteiger partial charge in [-0.1, -0.05) is 11.6 Å². The summed E-state index contributed by atoms with van der Waals surface area (Å²) in [6.45, 7) is 0. The lowest BCUT2D eigenvalue weighted by atomic mass is 9.98. The third kappa shape index (κ3) is 3.61. The topological polar surface area (TPSA) is 80.4 Å². The van der Waals surface area contributed by atoms with Crippen molar-refractivity contribution in [2.75, 3.05) is 12.0 Å². The minimum atomic E-state index is -1.03. The summed E-state index contributed by atoms with van der Waals surface area (Å²) in [7, 11) is 0. The first kappa shape index (κ1) is 16.4. The Labute approximate surface area is 137 Å². The fourth-order valence-electron chi connectivity index (χ4n) is 2.07. The van der Waals surface area contributed by atoms with E-state index in [1.54, 1.807) is 23.9 Å². The number of nitrogens with two attached hydrogens (primary N) is 1. The molecule has 0 fully saturated rings. The Hall–Kier alpha value is -1.98. The number of halogens is 1. The van der Waals surface area contributed by atoms with Crippen molar-refractivity contribution in [2.24, 2.45) is 0 Å². The predicted octanol–water partition coefficient (Wildman–Crippen LogP) is 3.50. The Morgan fingerprint density at radius 2 is 1.86 bits per heavy atom. The Kier molecular flexibility index (Phi) is 5.11. The molecule has 3 N–H and O–H groups in total. The first-order valence-electron chi connectivity index (χ1n) is 6.41. The number of ketones is 1. The highest BCUT2D eigenvalue weighted by Crippen LogP contribution is 2.27. The predicted molar refractivity (Wildman–Crippen MR) is 88.9 cm³/mol. The molecule has 0 aliphatic carbocycles. The first-order chi connectivity index (χ1) is 10.4. The zero-order valence-electron chi connectivity index (χ0n) is 11.8. The van der Waals surface area contributed by atoms with Crippen LogP contribution in [0.5, 0.6) is 0 Å². The number of hydrogen-bond acceptors (Lipinski definition) is 4. The van der Waals surface area contributed by atoms with Crippen molar-refractivity contribution in [1.82, 2.24) is 0 Å². The SMILES string of the molecule is CSc1ccc(C(=O)c2cc(Cl)cc(CC(=O)O)c2N)cc1. The summed E-state index contributed by atoms with van der Waals surface area (Å²) in [5.74, 6) is -1.31. The Balaban J connectivity index is 2.44. The molecule has 0 saturated heterocycles. The van der Waals surface area contributed by atoms with Gasteiger partial charge in [0.2, 0.25) is 0 Å². The van der Waals surface area contributed by atoms with E-state index in [2.05, 4.69) is 0 Å². The highest BCUT2D eigenvalue weighted by molar-refractivity contribution is 7.98. The zero-order chi connectivity index (χ0) is 16.3. The second-order valence-corrected chi connectivity index (χ2v) is 5.97. The molecule has 22 heavy (non-hydrogen) atoms. The van der Waals surface area contributed by atoms with Gasteiger partial charge < -0.3 is 10.8 Å². The van der Waals surface area contributed by atoms with Crippen molar-refractivity contribution >= 4 is 40.8 Å². The van der Waals surface area contributed by atoms with Gasteiger partial charge in [-0.05, 0) is 48.2 Å². The molecule has 0 saturated carbocycles. The Bertz CT molecular complexity index is 729. The molecule has 2 rings (SSSR count). The summed E-state index contributed by atoms with van der Waals surface area (Å²) in [6.07, 6.45) is 1.67. The Morgan fingerprint density at radius 3 is 2.41 bits per heavy atom. The zero-order valence-corrected chi connectivity index (χ0v) is 13.4. The summed E-state index contributed by atoms with van der Waals surface area (Å²) in [6, 6.07) is 10.1. The number of benzene rings is 2. The number of carboxylic acids is 1. The van der Waals surface area contributed by atoms with Crippen molar-refractivity contribution < 1.29 is 14.7 Å². The van der Waals surface area contributed by atoms with E-state index in [1.807, 2.05) is 18.4 Å². The van der Waals surface area contributed by atoms with Crippen molar-refractivity contribution in [3.05, 3.63) is 58.1 Å². The fraction of sp³-hybridized carbons (Fsp3) is 0.125. The van der Waals surface area contributed by atoms with E-state index in [-0.39, 0.29) is 28.5 Å². The van der Waals surface area contributed by atoms with Crippen LogP contribution in [0.15, 0.2) is 41.3 Å². The van der Waals surface area contributed by atoms with Crippen LogP contribution in [-0.2, 0) is 11.2 Å². The van der Waals surface area contributed by atoms with Crippen LogP contribution >= 0.6 is 23.4 Å². The van der Waals surface area contributed by atoms with Crippen LogP contribution in [-0.4, -0.2) is 23.1 Å². The van der Waals surface area contributed by atoms with E-state index in [0.29, 0.717) is 11.1 Å². The molecule has 114 valence electrons. The molecular formula is C16H14ClNO3S. The van der Waals surface area contributed by atoms with Crippen LogP contribution in [0.2, 0.25) is 5.02 Å². The Morgan fingerprint density at radius 1 is 1.23 bits per heavy atom. The van der Waals surface area contributed by atoms with Crippen LogP contribution in [0.4, 0.5) is 5.69 Å². The number of carboxylic acid groups (broad SMARTS) is 1. The van der Waals surface area contributed by atoms with Gasteiger partial charge in [0.05, 0.1) is 6.42 Å². The molecule has 6 heteroatoms. The van der Waals surface area contributed by atoms with Crippen LogP contribution in [0.25, 0.3) is 0 Å². The molecule has 0 spiro atoms. The summed E-state index contributed by atoms with van der Waals surface area (Å²) in [5.41, 5.74) is 7.15. The minimum Gasteiger partial charge on any atom is -0.481 e. The molecule has 0 amide bonds. The lowest BCUT2D eigenvalue weighted by Crippen LogP contribution is -2.10. The number of anilines is 1. The van der Waals surface area contributed by atoms with Gasteiger partial charge in [-0.25, -0.2) is 0 Å². The highest BCUT2D eigenvalue weighted by Gasteiger charge is 2.17. The van der Waals surface area contributed by atoms with Crippen molar-refractivity contribution in [1.29, 1.82) is 0 Å². The lowest BCUT2D eigenvalue weighted by molar-refractivity contribution is -0.136. The second kappa shape index (κ2) is 6.85. The number of carbonyl (C=O) groups is 2. The first-order valence-corrected chi connectivity index (χ1v) is 8.01. The van der Waals surface area contributed by atoms with E-state index in [1.165, 1.54) is 12.1 Å². The van der Waals surface area contributed by atoms with E-state index in [4.69, 9.17) is 22.4 Å². The second-order valence-electron chi connectivity index (χ2n) is 4.65. The van der Waals surface area contributed by atoms with Crippen molar-refractivity contribution in [2.45, 2.75) is 11.3 Å². The molecule has 0 unspecified atom stereocenters. The van der Waals surface area contributed by atoms with Gasteiger partial charge in [-0.3, -0.25) is 9.59 Å². The number of hydrogen-bond donors (Lipinski definition) is 2. The summed E-state index contributed by atoms with van der Waals surface area (Å²) in [5, 5.41) is 9.19. The van der Waals surface area contributed by atoms with Crippen LogP contribution in [0.3, 0.4) is 0 Å². The van der Waals surface area contributed by atoms with Crippen molar-refractivity contribution in [3.63, 3.8) is 0 Å². The van der Waals surface area contributed by atoms with E-state index >= 15 is 0 Å². The van der Waals surface area contributed by atoms with Gasteiger partial charge >= 0.3 is 5.97 Å². The molecule has 4 nitrogen and oxygen atoms in total. The summed E-state index contributed by atoms with van der Waals surface area (Å²) >= 11 is 7.56. The molecule has 0 bridgehead atoms. The molecule has 0 radical (unpaired) electrons. The maximum Gasteiger partial charge on any atom is 0.307 e. The third-order valence-electron chi connectivity index (χ3n) is 3.17. The van der Waals surface area contributed by atoms with Gasteiger partial charge in [0.15, 0.2) is 5.78 Å². The summed E-state index contributed by atoms with van der Waals surface area (Å²) < 4.78 is 0. The molecule has 0 aromatic heterocycles. The normalized spacial score (nSPS) is 10.5. The maximum atomic E-state index is 12.6. The van der Waals surface area contributed by atoms with Gasteiger partial charge in [0.25, 0.3) is 0 Å². The van der Waals surface area contributed by atoms with Crippen LogP contribution < -0.4 is 5.73 Å². The number of thioether (sulfide) groups is 1. The van der Waals surface area contributed by atoms with Crippen LogP contribution in [0, 0.1) is 0 Å².